The first-order valence-electron chi connectivity index (χ1n) is 7.98. The molecule has 1 atom stereocenters. The molecule has 0 fully saturated rings. The highest BCUT2D eigenvalue weighted by Gasteiger charge is 2.27. The van der Waals surface area contributed by atoms with Crippen molar-refractivity contribution in [2.24, 2.45) is 0 Å². The standard InChI is InChI=1S/C16H16N4O4S/c1-2-5-14-17-13(20-24-14)9-25-16-19-18-15(23-16)12-8-21-10-6-3-4-7-11(10)22-12/h3-4,6-7,12H,2,5,8-9H2,1H3. The average Bonchev–Trinajstić information content (AvgIpc) is 3.29. The second-order valence-electron chi connectivity index (χ2n) is 5.41. The van der Waals surface area contributed by atoms with Crippen LogP contribution in [0, 0.1) is 0 Å². The fourth-order valence-corrected chi connectivity index (χ4v) is 2.95. The topological polar surface area (TPSA) is 96.3 Å². The number of aryl methyl sites for hydroxylation is 1. The number of aromatic nitrogens is 4. The summed E-state index contributed by atoms with van der Waals surface area (Å²) >= 11 is 1.35. The van der Waals surface area contributed by atoms with Crippen LogP contribution < -0.4 is 9.47 Å². The Hall–Kier alpha value is -2.55. The van der Waals surface area contributed by atoms with Gasteiger partial charge in [-0.2, -0.15) is 4.98 Å². The molecule has 9 heteroatoms. The van der Waals surface area contributed by atoms with Crippen molar-refractivity contribution in [3.8, 4) is 11.5 Å². The van der Waals surface area contributed by atoms with Gasteiger partial charge in [0.15, 0.2) is 17.3 Å². The van der Waals surface area contributed by atoms with Crippen LogP contribution >= 0.6 is 11.8 Å². The van der Waals surface area contributed by atoms with Gasteiger partial charge in [-0.05, 0) is 18.6 Å². The van der Waals surface area contributed by atoms with Gasteiger partial charge in [0, 0.05) is 6.42 Å². The molecule has 25 heavy (non-hydrogen) atoms. The van der Waals surface area contributed by atoms with E-state index >= 15 is 0 Å². The first-order valence-corrected chi connectivity index (χ1v) is 8.96. The number of nitrogens with zero attached hydrogens (tertiary/aromatic N) is 4. The van der Waals surface area contributed by atoms with Crippen molar-refractivity contribution < 1.29 is 18.4 Å². The lowest BCUT2D eigenvalue weighted by atomic mass is 10.2. The third kappa shape index (κ3) is 3.60. The van der Waals surface area contributed by atoms with Crippen LogP contribution in [-0.4, -0.2) is 26.9 Å². The number of rotatable bonds is 6. The number of para-hydroxylation sites is 2. The maximum absolute atomic E-state index is 5.85. The Morgan fingerprint density at radius 3 is 2.96 bits per heavy atom. The minimum absolute atomic E-state index is 0.328. The lowest BCUT2D eigenvalue weighted by molar-refractivity contribution is 0.0686. The van der Waals surface area contributed by atoms with E-state index in [1.54, 1.807) is 0 Å². The number of thioether (sulfide) groups is 1. The summed E-state index contributed by atoms with van der Waals surface area (Å²) in [4.78, 5) is 4.30. The number of ether oxygens (including phenoxy) is 2. The normalized spacial score (nSPS) is 16.1. The molecule has 0 N–H and O–H groups in total. The minimum atomic E-state index is -0.418. The summed E-state index contributed by atoms with van der Waals surface area (Å²) in [5.41, 5.74) is 0. The Morgan fingerprint density at radius 2 is 2.08 bits per heavy atom. The van der Waals surface area contributed by atoms with E-state index < -0.39 is 6.10 Å². The van der Waals surface area contributed by atoms with Gasteiger partial charge in [-0.1, -0.05) is 36.0 Å². The largest absolute Gasteiger partial charge is 0.485 e. The molecule has 1 aliphatic heterocycles. The summed E-state index contributed by atoms with van der Waals surface area (Å²) in [6, 6.07) is 7.49. The van der Waals surface area contributed by atoms with Gasteiger partial charge in [-0.25, -0.2) is 0 Å². The average molecular weight is 360 g/mol. The van der Waals surface area contributed by atoms with Gasteiger partial charge in [0.2, 0.25) is 12.0 Å². The van der Waals surface area contributed by atoms with E-state index in [9.17, 15) is 0 Å². The lowest BCUT2D eigenvalue weighted by Crippen LogP contribution is -2.21. The van der Waals surface area contributed by atoms with Gasteiger partial charge in [-0.3, -0.25) is 0 Å². The van der Waals surface area contributed by atoms with Crippen molar-refractivity contribution in [3.63, 3.8) is 0 Å². The molecule has 4 rings (SSSR count). The molecule has 0 spiro atoms. The van der Waals surface area contributed by atoms with Crippen LogP contribution in [0.4, 0.5) is 0 Å². The van der Waals surface area contributed by atoms with Crippen LogP contribution in [0.5, 0.6) is 11.5 Å². The third-order valence-electron chi connectivity index (χ3n) is 3.50. The number of hydrogen-bond acceptors (Lipinski definition) is 9. The fraction of sp³-hybridized carbons (Fsp3) is 0.375. The summed E-state index contributed by atoms with van der Waals surface area (Å²) in [5.74, 6) is 3.53. The Labute approximate surface area is 147 Å². The fourth-order valence-electron chi connectivity index (χ4n) is 2.34. The smallest absolute Gasteiger partial charge is 0.277 e. The second kappa shape index (κ2) is 7.14. The Bertz CT molecular complexity index is 850. The molecule has 3 heterocycles. The Kier molecular flexibility index (Phi) is 4.55. The van der Waals surface area contributed by atoms with Crippen molar-refractivity contribution >= 4 is 11.8 Å². The van der Waals surface area contributed by atoms with Gasteiger partial charge < -0.3 is 18.4 Å². The molecule has 0 bridgehead atoms. The monoisotopic (exact) mass is 360 g/mol. The highest BCUT2D eigenvalue weighted by molar-refractivity contribution is 7.98. The molecule has 0 saturated carbocycles. The van der Waals surface area contributed by atoms with E-state index in [2.05, 4.69) is 27.3 Å². The van der Waals surface area contributed by atoms with Crippen LogP contribution in [0.15, 0.2) is 38.4 Å². The molecular weight excluding hydrogens is 344 g/mol. The first kappa shape index (κ1) is 15.9. The van der Waals surface area contributed by atoms with Crippen LogP contribution in [-0.2, 0) is 12.2 Å². The van der Waals surface area contributed by atoms with Crippen molar-refractivity contribution in [1.29, 1.82) is 0 Å². The third-order valence-corrected chi connectivity index (χ3v) is 4.32. The summed E-state index contributed by atoms with van der Waals surface area (Å²) in [5, 5.41) is 12.4. The summed E-state index contributed by atoms with van der Waals surface area (Å²) < 4.78 is 22.3. The molecule has 1 unspecified atom stereocenters. The quantitative estimate of drug-likeness (QED) is 0.614. The van der Waals surface area contributed by atoms with Crippen LogP contribution in [0.1, 0.15) is 37.1 Å². The van der Waals surface area contributed by atoms with Crippen LogP contribution in [0.3, 0.4) is 0 Å². The summed E-state index contributed by atoms with van der Waals surface area (Å²) in [7, 11) is 0. The molecule has 0 saturated heterocycles. The molecular formula is C16H16N4O4S. The van der Waals surface area contributed by atoms with Gasteiger partial charge >= 0.3 is 0 Å². The maximum Gasteiger partial charge on any atom is 0.277 e. The molecule has 1 aromatic carbocycles. The Morgan fingerprint density at radius 1 is 1.20 bits per heavy atom. The zero-order valence-corrected chi connectivity index (χ0v) is 14.4. The summed E-state index contributed by atoms with van der Waals surface area (Å²) in [6.45, 7) is 2.39. The van der Waals surface area contributed by atoms with Crippen molar-refractivity contribution in [2.75, 3.05) is 6.61 Å². The molecule has 130 valence electrons. The first-order chi connectivity index (χ1) is 12.3. The van der Waals surface area contributed by atoms with Crippen molar-refractivity contribution in [2.45, 2.75) is 36.8 Å². The SMILES string of the molecule is CCCc1nc(CSc2nnc(C3COc4ccccc4O3)o2)no1. The van der Waals surface area contributed by atoms with E-state index in [-0.39, 0.29) is 0 Å². The Balaban J connectivity index is 1.37. The van der Waals surface area contributed by atoms with Crippen LogP contribution in [0.25, 0.3) is 0 Å². The predicted octanol–water partition coefficient (Wildman–Crippen LogP) is 3.21. The van der Waals surface area contributed by atoms with Gasteiger partial charge in [0.1, 0.15) is 6.61 Å². The zero-order chi connectivity index (χ0) is 17.1. The predicted molar refractivity (Wildman–Crippen MR) is 87.5 cm³/mol. The van der Waals surface area contributed by atoms with Crippen LogP contribution in [0.2, 0.25) is 0 Å². The lowest BCUT2D eigenvalue weighted by Gasteiger charge is -2.23. The van der Waals surface area contributed by atoms with Crippen molar-refractivity contribution in [1.82, 2.24) is 20.3 Å². The van der Waals surface area contributed by atoms with Gasteiger partial charge in [-0.15, -0.1) is 10.2 Å². The highest BCUT2D eigenvalue weighted by atomic mass is 32.2. The molecule has 0 radical (unpaired) electrons. The molecule has 1 aliphatic rings. The van der Waals surface area contributed by atoms with E-state index in [1.807, 2.05) is 24.3 Å². The molecule has 0 aliphatic carbocycles. The van der Waals surface area contributed by atoms with E-state index in [4.69, 9.17) is 18.4 Å². The molecule has 3 aromatic rings. The van der Waals surface area contributed by atoms with E-state index in [1.165, 1.54) is 11.8 Å². The zero-order valence-electron chi connectivity index (χ0n) is 13.5. The van der Waals surface area contributed by atoms with Gasteiger partial charge in [0.05, 0.1) is 5.75 Å². The molecule has 8 nitrogen and oxygen atoms in total. The second-order valence-corrected chi connectivity index (χ2v) is 6.34. The molecule has 0 amide bonds. The maximum atomic E-state index is 5.85. The van der Waals surface area contributed by atoms with E-state index in [0.717, 1.165) is 12.8 Å². The number of benzene rings is 1. The highest BCUT2D eigenvalue weighted by Crippen LogP contribution is 2.36. The minimum Gasteiger partial charge on any atom is -0.485 e. The number of hydrogen-bond donors (Lipinski definition) is 0. The van der Waals surface area contributed by atoms with E-state index in [0.29, 0.717) is 46.7 Å². The number of fused-ring (bicyclic) bond motifs is 1. The molecule has 2 aromatic heterocycles. The van der Waals surface area contributed by atoms with Crippen molar-refractivity contribution in [3.05, 3.63) is 41.9 Å². The van der Waals surface area contributed by atoms with Gasteiger partial charge in [0.25, 0.3) is 11.1 Å². The summed E-state index contributed by atoms with van der Waals surface area (Å²) in [6.07, 6.45) is 1.33.